The van der Waals surface area contributed by atoms with Crippen LogP contribution in [-0.4, -0.2) is 36.5 Å². The molecule has 0 amide bonds. The SMILES string of the molecule is CC(C)(C)OC(=O)COc1ccc(Cl)c(B2OC(C)(C)C(C)(C)O2)c1. The van der Waals surface area contributed by atoms with Crippen molar-refractivity contribution in [2.24, 2.45) is 0 Å². The zero-order chi connectivity index (χ0) is 19.0. The van der Waals surface area contributed by atoms with Crippen LogP contribution in [0.4, 0.5) is 0 Å². The van der Waals surface area contributed by atoms with Crippen LogP contribution < -0.4 is 10.2 Å². The van der Waals surface area contributed by atoms with Gasteiger partial charge in [0.2, 0.25) is 0 Å². The van der Waals surface area contributed by atoms with Gasteiger partial charge in [0.1, 0.15) is 11.4 Å². The minimum absolute atomic E-state index is 0.179. The van der Waals surface area contributed by atoms with E-state index in [2.05, 4.69) is 0 Å². The van der Waals surface area contributed by atoms with Gasteiger partial charge in [0.25, 0.3) is 0 Å². The Hall–Kier alpha value is -1.24. The second-order valence-electron chi connectivity index (χ2n) is 8.15. The number of rotatable bonds is 4. The first-order valence-electron chi connectivity index (χ1n) is 8.30. The number of carbonyl (C=O) groups is 1. The second kappa shape index (κ2) is 6.82. The summed E-state index contributed by atoms with van der Waals surface area (Å²) >= 11 is 6.31. The quantitative estimate of drug-likeness (QED) is 0.602. The van der Waals surface area contributed by atoms with Crippen LogP contribution in [0.25, 0.3) is 0 Å². The van der Waals surface area contributed by atoms with Gasteiger partial charge in [-0.15, -0.1) is 0 Å². The number of hydrogen-bond acceptors (Lipinski definition) is 5. The highest BCUT2D eigenvalue weighted by molar-refractivity contribution is 6.65. The lowest BCUT2D eigenvalue weighted by molar-refractivity contribution is -0.157. The third-order valence-corrected chi connectivity index (χ3v) is 4.60. The molecule has 1 aliphatic heterocycles. The third kappa shape index (κ3) is 4.90. The van der Waals surface area contributed by atoms with Crippen LogP contribution in [0.15, 0.2) is 18.2 Å². The molecule has 0 N–H and O–H groups in total. The standard InChI is InChI=1S/C18H26BClO5/c1-16(2,3)23-15(21)11-22-12-8-9-14(20)13(10-12)19-24-17(4,5)18(6,7)25-19/h8-10H,11H2,1-7H3. The summed E-state index contributed by atoms with van der Waals surface area (Å²) in [4.78, 5) is 11.8. The van der Waals surface area contributed by atoms with E-state index >= 15 is 0 Å². The highest BCUT2D eigenvalue weighted by Gasteiger charge is 2.52. The molecular weight excluding hydrogens is 342 g/mol. The van der Waals surface area contributed by atoms with Gasteiger partial charge >= 0.3 is 13.1 Å². The van der Waals surface area contributed by atoms with E-state index < -0.39 is 29.9 Å². The summed E-state index contributed by atoms with van der Waals surface area (Å²) < 4.78 is 22.8. The monoisotopic (exact) mass is 368 g/mol. The molecule has 0 radical (unpaired) electrons. The number of halogens is 1. The Balaban J connectivity index is 2.10. The van der Waals surface area contributed by atoms with Crippen LogP contribution in [0.3, 0.4) is 0 Å². The summed E-state index contributed by atoms with van der Waals surface area (Å²) in [7, 11) is -0.595. The minimum Gasteiger partial charge on any atom is -0.482 e. The maximum atomic E-state index is 11.8. The molecule has 0 spiro atoms. The Bertz CT molecular complexity index is 635. The van der Waals surface area contributed by atoms with E-state index in [1.54, 1.807) is 18.2 Å². The predicted molar refractivity (Wildman–Crippen MR) is 98.5 cm³/mol. The van der Waals surface area contributed by atoms with Crippen molar-refractivity contribution in [1.82, 2.24) is 0 Å². The molecule has 1 heterocycles. The molecule has 1 aromatic carbocycles. The molecule has 138 valence electrons. The van der Waals surface area contributed by atoms with Gasteiger partial charge in [-0.25, -0.2) is 4.79 Å². The number of ether oxygens (including phenoxy) is 2. The third-order valence-electron chi connectivity index (χ3n) is 4.25. The van der Waals surface area contributed by atoms with E-state index in [9.17, 15) is 4.79 Å². The van der Waals surface area contributed by atoms with Crippen LogP contribution in [0.2, 0.25) is 5.02 Å². The maximum absolute atomic E-state index is 11.8. The molecule has 0 atom stereocenters. The lowest BCUT2D eigenvalue weighted by atomic mass is 9.79. The van der Waals surface area contributed by atoms with Crippen molar-refractivity contribution in [2.75, 3.05) is 6.61 Å². The fraction of sp³-hybridized carbons (Fsp3) is 0.611. The van der Waals surface area contributed by atoms with E-state index in [-0.39, 0.29) is 6.61 Å². The molecule has 5 nitrogen and oxygen atoms in total. The topological polar surface area (TPSA) is 54.0 Å². The van der Waals surface area contributed by atoms with Crippen molar-refractivity contribution in [2.45, 2.75) is 65.3 Å². The molecule has 1 fully saturated rings. The molecule has 1 aliphatic rings. The minimum atomic E-state index is -0.595. The Morgan fingerprint density at radius 3 is 2.24 bits per heavy atom. The molecule has 25 heavy (non-hydrogen) atoms. The number of esters is 1. The summed E-state index contributed by atoms with van der Waals surface area (Å²) in [6.45, 7) is 13.2. The first-order chi connectivity index (χ1) is 11.3. The first-order valence-corrected chi connectivity index (χ1v) is 8.68. The van der Waals surface area contributed by atoms with Gasteiger partial charge in [0.05, 0.1) is 11.2 Å². The second-order valence-corrected chi connectivity index (χ2v) is 8.55. The normalized spacial score (nSPS) is 19.0. The maximum Gasteiger partial charge on any atom is 0.496 e. The number of hydrogen-bond donors (Lipinski definition) is 0. The summed E-state index contributed by atoms with van der Waals surface area (Å²) in [5, 5.41) is 0.517. The van der Waals surface area contributed by atoms with Gasteiger partial charge in [-0.2, -0.15) is 0 Å². The van der Waals surface area contributed by atoms with Crippen LogP contribution in [0, 0.1) is 0 Å². The summed E-state index contributed by atoms with van der Waals surface area (Å²) in [6, 6.07) is 5.13. The van der Waals surface area contributed by atoms with Gasteiger partial charge in [-0.05, 0) is 66.7 Å². The van der Waals surface area contributed by atoms with Gasteiger partial charge in [-0.3, -0.25) is 0 Å². The van der Waals surface area contributed by atoms with E-state index in [0.29, 0.717) is 16.2 Å². The molecular formula is C18H26BClO5. The fourth-order valence-electron chi connectivity index (χ4n) is 2.28. The summed E-state index contributed by atoms with van der Waals surface area (Å²) in [6.07, 6.45) is 0. The van der Waals surface area contributed by atoms with Crippen molar-refractivity contribution in [3.8, 4) is 5.75 Å². The smallest absolute Gasteiger partial charge is 0.482 e. The number of carbonyl (C=O) groups excluding carboxylic acids is 1. The Morgan fingerprint density at radius 1 is 1.16 bits per heavy atom. The Morgan fingerprint density at radius 2 is 1.72 bits per heavy atom. The van der Waals surface area contributed by atoms with Crippen LogP contribution in [-0.2, 0) is 18.8 Å². The van der Waals surface area contributed by atoms with Crippen molar-refractivity contribution in [1.29, 1.82) is 0 Å². The lowest BCUT2D eigenvalue weighted by Crippen LogP contribution is -2.41. The van der Waals surface area contributed by atoms with Crippen LogP contribution in [0.5, 0.6) is 5.75 Å². The van der Waals surface area contributed by atoms with Crippen molar-refractivity contribution >= 4 is 30.2 Å². The zero-order valence-electron chi connectivity index (χ0n) is 15.9. The van der Waals surface area contributed by atoms with Gasteiger partial charge in [0.15, 0.2) is 6.61 Å². The Kier molecular flexibility index (Phi) is 5.48. The molecule has 0 aromatic heterocycles. The molecule has 1 saturated heterocycles. The lowest BCUT2D eigenvalue weighted by Gasteiger charge is -2.32. The van der Waals surface area contributed by atoms with Crippen LogP contribution >= 0.6 is 11.6 Å². The van der Waals surface area contributed by atoms with Crippen LogP contribution in [0.1, 0.15) is 48.5 Å². The molecule has 2 rings (SSSR count). The summed E-state index contributed by atoms with van der Waals surface area (Å²) in [5.41, 5.74) is -0.807. The largest absolute Gasteiger partial charge is 0.496 e. The molecule has 1 aromatic rings. The van der Waals surface area contributed by atoms with Crippen molar-refractivity contribution in [3.63, 3.8) is 0 Å². The van der Waals surface area contributed by atoms with E-state index in [0.717, 1.165) is 0 Å². The van der Waals surface area contributed by atoms with Crippen molar-refractivity contribution in [3.05, 3.63) is 23.2 Å². The molecule has 0 unspecified atom stereocenters. The number of benzene rings is 1. The van der Waals surface area contributed by atoms with E-state index in [4.69, 9.17) is 30.4 Å². The zero-order valence-corrected chi connectivity index (χ0v) is 16.7. The highest BCUT2D eigenvalue weighted by atomic mass is 35.5. The average Bonchev–Trinajstić information content (AvgIpc) is 2.64. The fourth-order valence-corrected chi connectivity index (χ4v) is 2.48. The first kappa shape index (κ1) is 20.1. The molecule has 7 heteroatoms. The van der Waals surface area contributed by atoms with Gasteiger partial charge < -0.3 is 18.8 Å². The molecule has 0 bridgehead atoms. The Labute approximate surface area is 155 Å². The predicted octanol–water partition coefficient (Wildman–Crippen LogP) is 3.36. The highest BCUT2D eigenvalue weighted by Crippen LogP contribution is 2.37. The average molecular weight is 369 g/mol. The van der Waals surface area contributed by atoms with Gasteiger partial charge in [-0.1, -0.05) is 11.6 Å². The van der Waals surface area contributed by atoms with Crippen molar-refractivity contribution < 1.29 is 23.6 Å². The van der Waals surface area contributed by atoms with E-state index in [1.165, 1.54) is 0 Å². The van der Waals surface area contributed by atoms with E-state index in [1.807, 2.05) is 48.5 Å². The van der Waals surface area contributed by atoms with Gasteiger partial charge in [0, 0.05) is 10.5 Å². The molecule has 0 saturated carbocycles. The molecule has 0 aliphatic carbocycles. The summed E-state index contributed by atoms with van der Waals surface area (Å²) in [5.74, 6) is 0.0691.